The van der Waals surface area contributed by atoms with Gasteiger partial charge in [0, 0.05) is 6.42 Å². The second kappa shape index (κ2) is 7.57. The second-order valence-corrected chi connectivity index (χ2v) is 7.06. The van der Waals surface area contributed by atoms with Crippen LogP contribution < -0.4 is 20.8 Å². The predicted octanol–water partition coefficient (Wildman–Crippen LogP) is -4.96. The van der Waals surface area contributed by atoms with Crippen molar-refractivity contribution in [3.05, 3.63) is 0 Å². The number of nitrogens with one attached hydrogen (secondary N) is 2. The van der Waals surface area contributed by atoms with Crippen LogP contribution in [-0.4, -0.2) is 60.4 Å². The van der Waals surface area contributed by atoms with E-state index in [1.807, 2.05) is 5.32 Å². The molecule has 1 fully saturated rings. The van der Waals surface area contributed by atoms with E-state index in [-0.39, 0.29) is 3.82 Å². The van der Waals surface area contributed by atoms with E-state index in [0.29, 0.717) is 0 Å². The summed E-state index contributed by atoms with van der Waals surface area (Å²) in [5.41, 5.74) is 0. The summed E-state index contributed by atoms with van der Waals surface area (Å²) < 4.78 is 24.1. The average molecular weight is 370 g/mol. The molecule has 1 heterocycles. The van der Waals surface area contributed by atoms with Crippen LogP contribution in [0.1, 0.15) is 12.8 Å². The largest absolute Gasteiger partial charge is 0.548 e. The monoisotopic (exact) mass is 369 g/mol. The number of nitrogens with zero attached hydrogens (tertiary/aromatic N) is 1. The van der Waals surface area contributed by atoms with Crippen molar-refractivity contribution >= 4 is 45.6 Å². The lowest BCUT2D eigenvalue weighted by Crippen LogP contribution is -2.53. The van der Waals surface area contributed by atoms with E-state index in [1.165, 1.54) is 0 Å². The van der Waals surface area contributed by atoms with Gasteiger partial charge in [-0.2, -0.15) is 0 Å². The van der Waals surface area contributed by atoms with Crippen molar-refractivity contribution in [3.8, 4) is 0 Å². The molecule has 0 aromatic heterocycles. The summed E-state index contributed by atoms with van der Waals surface area (Å²) in [5, 5.41) is 25.2. The van der Waals surface area contributed by atoms with Crippen molar-refractivity contribution in [1.82, 2.24) is 14.5 Å². The Hall–Kier alpha value is -1.92. The van der Waals surface area contributed by atoms with Crippen molar-refractivity contribution in [1.29, 1.82) is 0 Å². The number of amides is 2. The van der Waals surface area contributed by atoms with Gasteiger partial charge >= 0.3 is 0 Å². The van der Waals surface area contributed by atoms with Crippen LogP contribution in [0.3, 0.4) is 0 Å². The minimum atomic E-state index is -4.46. The SMILES string of the molecule is O=C([O-])CNC(=O)C1CS(=O)(=O)N(Cl)C(C(=O)[O-])CCC(=O)N1. The van der Waals surface area contributed by atoms with Gasteiger partial charge in [-0.25, -0.2) is 8.42 Å². The normalized spacial score (nSPS) is 25.3. The lowest BCUT2D eigenvalue weighted by Gasteiger charge is -2.25. The molecule has 23 heavy (non-hydrogen) atoms. The fraction of sp³-hybridized carbons (Fsp3) is 0.600. The number of carbonyl (C=O) groups is 4. The Morgan fingerprint density at radius 3 is 2.48 bits per heavy atom. The van der Waals surface area contributed by atoms with Crippen LogP contribution in [0, 0.1) is 0 Å². The van der Waals surface area contributed by atoms with Crippen LogP contribution in [0.2, 0.25) is 0 Å². The number of carboxylic acid groups (broad SMARTS) is 2. The topological polar surface area (TPSA) is 176 Å². The van der Waals surface area contributed by atoms with Gasteiger partial charge < -0.3 is 30.4 Å². The highest BCUT2D eigenvalue weighted by Gasteiger charge is 2.37. The maximum Gasteiger partial charge on any atom is 0.244 e. The van der Waals surface area contributed by atoms with Gasteiger partial charge in [-0.05, 0) is 18.2 Å². The predicted molar refractivity (Wildman–Crippen MR) is 69.5 cm³/mol. The Morgan fingerprint density at radius 2 is 1.96 bits per heavy atom. The summed E-state index contributed by atoms with van der Waals surface area (Å²) in [6, 6.07) is -3.42. The van der Waals surface area contributed by atoms with Crippen LogP contribution >= 0.6 is 11.8 Å². The molecular formula is C10H12ClN3O8S-2. The summed E-state index contributed by atoms with van der Waals surface area (Å²) in [6.07, 6.45) is -0.883. The number of halogens is 1. The highest BCUT2D eigenvalue weighted by molar-refractivity contribution is 7.90. The first-order chi connectivity index (χ1) is 10.5. The van der Waals surface area contributed by atoms with E-state index >= 15 is 0 Å². The van der Waals surface area contributed by atoms with Crippen LogP contribution in [0.5, 0.6) is 0 Å². The molecule has 2 N–H and O–H groups in total. The molecule has 1 rings (SSSR count). The number of aliphatic carboxylic acids is 2. The maximum absolute atomic E-state index is 12.0. The van der Waals surface area contributed by atoms with Crippen LogP contribution in [0.4, 0.5) is 0 Å². The van der Waals surface area contributed by atoms with Gasteiger partial charge in [0.05, 0.1) is 30.3 Å². The number of sulfonamides is 1. The Bertz CT molecular complexity index is 622. The molecule has 1 saturated heterocycles. The zero-order valence-corrected chi connectivity index (χ0v) is 13.1. The minimum absolute atomic E-state index is 0.00163. The van der Waals surface area contributed by atoms with E-state index in [9.17, 15) is 37.8 Å². The van der Waals surface area contributed by atoms with Gasteiger partial charge in [-0.3, -0.25) is 9.59 Å². The molecule has 11 nitrogen and oxygen atoms in total. The fourth-order valence-electron chi connectivity index (χ4n) is 1.78. The molecule has 0 saturated carbocycles. The molecule has 0 radical (unpaired) electrons. The quantitative estimate of drug-likeness (QED) is 0.463. The second-order valence-electron chi connectivity index (χ2n) is 4.60. The van der Waals surface area contributed by atoms with E-state index < -0.39 is 71.0 Å². The number of hydrogen-bond acceptors (Lipinski definition) is 8. The zero-order chi connectivity index (χ0) is 17.8. The first kappa shape index (κ1) is 19.1. The Balaban J connectivity index is 3.04. The highest BCUT2D eigenvalue weighted by atomic mass is 35.5. The van der Waals surface area contributed by atoms with Gasteiger partial charge in [-0.15, -0.1) is 3.82 Å². The first-order valence-corrected chi connectivity index (χ1v) is 8.15. The van der Waals surface area contributed by atoms with Gasteiger partial charge in [0.15, 0.2) is 0 Å². The molecule has 1 aliphatic rings. The lowest BCUT2D eigenvalue weighted by atomic mass is 10.1. The molecule has 0 spiro atoms. The van der Waals surface area contributed by atoms with Gasteiger partial charge in [-0.1, -0.05) is 0 Å². The van der Waals surface area contributed by atoms with Crippen molar-refractivity contribution in [2.75, 3.05) is 12.3 Å². The third kappa shape index (κ3) is 5.33. The molecule has 1 aliphatic heterocycles. The van der Waals surface area contributed by atoms with E-state index in [1.54, 1.807) is 0 Å². The third-order valence-electron chi connectivity index (χ3n) is 2.86. The summed E-state index contributed by atoms with van der Waals surface area (Å²) in [4.78, 5) is 44.6. The van der Waals surface area contributed by atoms with E-state index in [2.05, 4.69) is 5.32 Å². The molecule has 2 atom stereocenters. The molecule has 0 aromatic carbocycles. The third-order valence-corrected chi connectivity index (χ3v) is 5.27. The molecule has 2 amide bonds. The van der Waals surface area contributed by atoms with Gasteiger partial charge in [0.25, 0.3) is 0 Å². The first-order valence-electron chi connectivity index (χ1n) is 6.20. The Labute approximate surface area is 135 Å². The molecular weight excluding hydrogens is 358 g/mol. The fourth-order valence-corrected chi connectivity index (χ4v) is 3.50. The molecule has 2 unspecified atom stereocenters. The van der Waals surface area contributed by atoms with Crippen molar-refractivity contribution in [3.63, 3.8) is 0 Å². The van der Waals surface area contributed by atoms with E-state index in [4.69, 9.17) is 11.8 Å². The van der Waals surface area contributed by atoms with Crippen LogP contribution in [0.15, 0.2) is 0 Å². The number of rotatable bonds is 4. The Morgan fingerprint density at radius 1 is 1.35 bits per heavy atom. The lowest BCUT2D eigenvalue weighted by molar-refractivity contribution is -0.309. The smallest absolute Gasteiger partial charge is 0.244 e. The number of carbonyl (C=O) groups excluding carboxylic acids is 4. The average Bonchev–Trinajstić information content (AvgIpc) is 2.46. The zero-order valence-electron chi connectivity index (χ0n) is 11.5. The summed E-state index contributed by atoms with van der Waals surface area (Å²) in [6.45, 7) is -0.891. The molecule has 13 heteroatoms. The summed E-state index contributed by atoms with van der Waals surface area (Å²) in [7, 11) is -4.46. The number of hydrogen-bond donors (Lipinski definition) is 2. The van der Waals surface area contributed by atoms with Crippen molar-refractivity contribution in [2.24, 2.45) is 0 Å². The highest BCUT2D eigenvalue weighted by Crippen LogP contribution is 2.18. The molecule has 0 bridgehead atoms. The molecule has 0 aliphatic carbocycles. The Kier molecular flexibility index (Phi) is 6.29. The van der Waals surface area contributed by atoms with Crippen molar-refractivity contribution in [2.45, 2.75) is 24.9 Å². The maximum atomic E-state index is 12.0. The minimum Gasteiger partial charge on any atom is -0.548 e. The van der Waals surface area contributed by atoms with Crippen LogP contribution in [-0.2, 0) is 29.2 Å². The molecule has 130 valence electrons. The summed E-state index contributed by atoms with van der Waals surface area (Å²) >= 11 is 5.51. The van der Waals surface area contributed by atoms with Crippen LogP contribution in [0.25, 0.3) is 0 Å². The number of carboxylic acids is 2. The van der Waals surface area contributed by atoms with Crippen molar-refractivity contribution < 1.29 is 37.8 Å². The molecule has 0 aromatic rings. The van der Waals surface area contributed by atoms with E-state index in [0.717, 1.165) is 0 Å². The van der Waals surface area contributed by atoms with Gasteiger partial charge in [0.2, 0.25) is 21.8 Å². The van der Waals surface area contributed by atoms with Gasteiger partial charge in [0.1, 0.15) is 6.04 Å². The summed E-state index contributed by atoms with van der Waals surface area (Å²) in [5.74, 6) is -6.36. The standard InChI is InChI=1S/C10H14ClN3O8S/c11-14-6(10(19)20)1-2-7(15)13-5(4-23(14,21)22)9(18)12-3-8(16)17/h5-6H,1-4H2,(H,12,18)(H,13,15)(H,16,17)(H,19,20)/p-2.